The van der Waals surface area contributed by atoms with Crippen LogP contribution in [-0.2, 0) is 0 Å². The Labute approximate surface area is 176 Å². The normalized spacial score (nSPS) is 24.4. The van der Waals surface area contributed by atoms with E-state index in [-0.39, 0.29) is 0 Å². The van der Waals surface area contributed by atoms with Gasteiger partial charge in [0, 0.05) is 30.1 Å². The van der Waals surface area contributed by atoms with Gasteiger partial charge in [0.25, 0.3) is 0 Å². The van der Waals surface area contributed by atoms with Crippen molar-refractivity contribution in [2.45, 2.75) is 44.1 Å². The predicted molar refractivity (Wildman–Crippen MR) is 112 cm³/mol. The molecular formula is C23H27N5O2. The third-order valence-electron chi connectivity index (χ3n) is 7.46. The molecule has 1 saturated carbocycles. The number of aromatic nitrogens is 3. The topological polar surface area (TPSA) is 71.4 Å². The Hall–Kier alpha value is -2.67. The zero-order valence-electron chi connectivity index (χ0n) is 17.1. The Balaban J connectivity index is 1.07. The first-order valence-corrected chi connectivity index (χ1v) is 11.0. The second-order valence-electron chi connectivity index (χ2n) is 9.21. The van der Waals surface area contributed by atoms with E-state index in [4.69, 9.17) is 8.83 Å². The van der Waals surface area contributed by atoms with Gasteiger partial charge in [0.1, 0.15) is 6.26 Å². The first kappa shape index (κ1) is 18.1. The average molecular weight is 406 g/mol. The SMILES string of the molecule is c1ccc(C2CCN([C@@H]3CCC4(C3)CN(c3nnco3)C4)CC2)c(-c2ncco2)c1. The van der Waals surface area contributed by atoms with Crippen LogP contribution >= 0.6 is 0 Å². The van der Waals surface area contributed by atoms with Crippen molar-refractivity contribution in [2.24, 2.45) is 5.41 Å². The van der Waals surface area contributed by atoms with E-state index >= 15 is 0 Å². The maximum atomic E-state index is 5.59. The van der Waals surface area contributed by atoms with Crippen LogP contribution in [0.2, 0.25) is 0 Å². The van der Waals surface area contributed by atoms with E-state index in [1.54, 1.807) is 12.5 Å². The van der Waals surface area contributed by atoms with E-state index in [1.165, 1.54) is 57.2 Å². The molecule has 6 rings (SSSR count). The number of rotatable bonds is 4. The van der Waals surface area contributed by atoms with Gasteiger partial charge < -0.3 is 18.6 Å². The van der Waals surface area contributed by atoms with E-state index in [2.05, 4.69) is 49.2 Å². The lowest BCUT2D eigenvalue weighted by atomic mass is 9.78. The molecule has 1 spiro atoms. The summed E-state index contributed by atoms with van der Waals surface area (Å²) in [4.78, 5) is 9.35. The van der Waals surface area contributed by atoms with Crippen LogP contribution in [0.5, 0.6) is 0 Å². The van der Waals surface area contributed by atoms with E-state index in [0.29, 0.717) is 17.3 Å². The summed E-state index contributed by atoms with van der Waals surface area (Å²) in [5, 5.41) is 7.86. The maximum Gasteiger partial charge on any atom is 0.317 e. The van der Waals surface area contributed by atoms with E-state index < -0.39 is 0 Å². The number of anilines is 1. The van der Waals surface area contributed by atoms with Crippen LogP contribution in [0.3, 0.4) is 0 Å². The summed E-state index contributed by atoms with van der Waals surface area (Å²) in [5.74, 6) is 1.32. The van der Waals surface area contributed by atoms with Crippen molar-refractivity contribution in [1.29, 1.82) is 0 Å². The number of hydrogen-bond acceptors (Lipinski definition) is 7. The van der Waals surface area contributed by atoms with Gasteiger partial charge >= 0.3 is 6.01 Å². The smallest absolute Gasteiger partial charge is 0.317 e. The standard InChI is InChI=1S/C23H27N5O2/c1-2-4-20(21-24-9-12-29-21)19(3-1)17-6-10-27(11-7-17)18-5-8-23(13-18)14-28(15-23)22-26-25-16-30-22/h1-4,9,12,16-18H,5-8,10-11,13-15H2/t18-/m1/s1. The lowest BCUT2D eigenvalue weighted by Crippen LogP contribution is -2.56. The lowest BCUT2D eigenvalue weighted by molar-refractivity contribution is 0.130. The minimum absolute atomic E-state index is 0.452. The van der Waals surface area contributed by atoms with Gasteiger partial charge in [-0.15, -0.1) is 5.10 Å². The molecule has 7 heteroatoms. The number of piperidine rings is 1. The van der Waals surface area contributed by atoms with E-state index in [1.807, 2.05) is 0 Å². The molecule has 2 aromatic heterocycles. The summed E-state index contributed by atoms with van der Waals surface area (Å²) in [6.45, 7) is 4.48. The van der Waals surface area contributed by atoms with Crippen molar-refractivity contribution in [1.82, 2.24) is 20.1 Å². The second kappa shape index (κ2) is 7.23. The molecule has 30 heavy (non-hydrogen) atoms. The minimum atomic E-state index is 0.452. The summed E-state index contributed by atoms with van der Waals surface area (Å²) in [5.41, 5.74) is 2.99. The van der Waals surface area contributed by atoms with Crippen molar-refractivity contribution in [3.05, 3.63) is 48.7 Å². The highest BCUT2D eigenvalue weighted by atomic mass is 16.4. The molecule has 0 radical (unpaired) electrons. The summed E-state index contributed by atoms with van der Waals surface area (Å²) < 4.78 is 10.9. The molecule has 3 aromatic rings. The highest BCUT2D eigenvalue weighted by molar-refractivity contribution is 5.59. The third kappa shape index (κ3) is 3.12. The van der Waals surface area contributed by atoms with Crippen LogP contribution in [0.15, 0.2) is 52.0 Å². The first-order chi connectivity index (χ1) is 14.8. The van der Waals surface area contributed by atoms with Gasteiger partial charge in [-0.2, -0.15) is 0 Å². The van der Waals surface area contributed by atoms with Gasteiger partial charge in [0.15, 0.2) is 0 Å². The Morgan fingerprint density at radius 1 is 1.03 bits per heavy atom. The van der Waals surface area contributed by atoms with E-state index in [0.717, 1.165) is 30.6 Å². The largest absolute Gasteiger partial charge is 0.445 e. The number of hydrogen-bond donors (Lipinski definition) is 0. The van der Waals surface area contributed by atoms with Gasteiger partial charge in [-0.1, -0.05) is 23.3 Å². The van der Waals surface area contributed by atoms with Crippen LogP contribution in [0.4, 0.5) is 6.01 Å². The Morgan fingerprint density at radius 2 is 1.90 bits per heavy atom. The molecule has 2 aliphatic heterocycles. The molecule has 156 valence electrons. The van der Waals surface area contributed by atoms with Gasteiger partial charge in [-0.25, -0.2) is 4.98 Å². The Morgan fingerprint density at radius 3 is 2.67 bits per heavy atom. The van der Waals surface area contributed by atoms with Crippen LogP contribution in [0.1, 0.15) is 43.6 Å². The summed E-state index contributed by atoms with van der Waals surface area (Å²) in [6, 6.07) is 10.0. The van der Waals surface area contributed by atoms with Crippen LogP contribution in [0.25, 0.3) is 11.5 Å². The van der Waals surface area contributed by atoms with Crippen molar-refractivity contribution in [3.63, 3.8) is 0 Å². The van der Waals surface area contributed by atoms with Gasteiger partial charge in [-0.05, 0) is 62.7 Å². The van der Waals surface area contributed by atoms with Crippen LogP contribution in [0, 0.1) is 5.41 Å². The average Bonchev–Trinajstić information content (AvgIpc) is 3.54. The second-order valence-corrected chi connectivity index (χ2v) is 9.21. The molecule has 2 saturated heterocycles. The summed E-state index contributed by atoms with van der Waals surface area (Å²) >= 11 is 0. The van der Waals surface area contributed by atoms with Gasteiger partial charge in [-0.3, -0.25) is 0 Å². The molecular weight excluding hydrogens is 378 g/mol. The maximum absolute atomic E-state index is 5.59. The van der Waals surface area contributed by atoms with E-state index in [9.17, 15) is 0 Å². The highest BCUT2D eigenvalue weighted by Crippen LogP contribution is 2.48. The molecule has 7 nitrogen and oxygen atoms in total. The zero-order chi connectivity index (χ0) is 20.0. The van der Waals surface area contributed by atoms with Crippen molar-refractivity contribution < 1.29 is 8.83 Å². The third-order valence-corrected chi connectivity index (χ3v) is 7.46. The molecule has 1 atom stereocenters. The van der Waals surface area contributed by atoms with Gasteiger partial charge in [0.05, 0.1) is 6.20 Å². The number of nitrogens with zero attached hydrogens (tertiary/aromatic N) is 5. The highest BCUT2D eigenvalue weighted by Gasteiger charge is 2.50. The molecule has 3 aliphatic rings. The fourth-order valence-corrected chi connectivity index (χ4v) is 5.96. The fourth-order valence-electron chi connectivity index (χ4n) is 5.96. The number of likely N-dealkylation sites (tertiary alicyclic amines) is 1. The number of oxazole rings is 1. The molecule has 0 N–H and O–H groups in total. The molecule has 3 fully saturated rings. The minimum Gasteiger partial charge on any atom is -0.445 e. The molecule has 1 aliphatic carbocycles. The fraction of sp³-hybridized carbons (Fsp3) is 0.522. The van der Waals surface area contributed by atoms with Crippen LogP contribution in [-0.4, -0.2) is 52.3 Å². The van der Waals surface area contributed by atoms with Gasteiger partial charge in [0.2, 0.25) is 12.3 Å². The Kier molecular flexibility index (Phi) is 4.37. The number of benzene rings is 1. The van der Waals surface area contributed by atoms with Crippen LogP contribution < -0.4 is 4.90 Å². The molecule has 0 amide bonds. The summed E-state index contributed by atoms with van der Waals surface area (Å²) in [7, 11) is 0. The zero-order valence-corrected chi connectivity index (χ0v) is 17.1. The first-order valence-electron chi connectivity index (χ1n) is 11.0. The molecule has 1 aromatic carbocycles. The predicted octanol–water partition coefficient (Wildman–Crippen LogP) is 3.96. The summed E-state index contributed by atoms with van der Waals surface area (Å²) in [6.07, 6.45) is 11.1. The quantitative estimate of drug-likeness (QED) is 0.650. The lowest BCUT2D eigenvalue weighted by Gasteiger charge is -2.48. The molecule has 4 heterocycles. The van der Waals surface area contributed by atoms with Crippen molar-refractivity contribution >= 4 is 6.01 Å². The molecule has 0 unspecified atom stereocenters. The monoisotopic (exact) mass is 405 g/mol. The van der Waals surface area contributed by atoms with Crippen molar-refractivity contribution in [3.8, 4) is 11.5 Å². The Bertz CT molecular complexity index is 973. The molecule has 0 bridgehead atoms. The van der Waals surface area contributed by atoms with Crippen molar-refractivity contribution in [2.75, 3.05) is 31.1 Å².